The number of esters is 1. The summed E-state index contributed by atoms with van der Waals surface area (Å²) >= 11 is 0. The standard InChI is InChI=1S/C14H15F6NO4/c1-24-11-3-6-2-7(11)8(4-21-9(22)13(15,16)17)12(6,5-11)25-10(23)14(18,19)20/h6-8H,2-5H2,1H3,(H,21,22)/t6?,7?,8-,11+,12+/m0/s1. The number of nitrogens with one attached hydrogen (secondary N) is 1. The molecule has 5 atom stereocenters. The Balaban J connectivity index is 1.82. The highest BCUT2D eigenvalue weighted by molar-refractivity contribution is 5.81. The van der Waals surface area contributed by atoms with Gasteiger partial charge in [-0.2, -0.15) is 26.3 Å². The Morgan fingerprint density at radius 1 is 1.16 bits per heavy atom. The van der Waals surface area contributed by atoms with Gasteiger partial charge in [0.15, 0.2) is 0 Å². The van der Waals surface area contributed by atoms with Crippen molar-refractivity contribution in [2.24, 2.45) is 17.8 Å². The van der Waals surface area contributed by atoms with E-state index >= 15 is 0 Å². The fraction of sp³-hybridized carbons (Fsp3) is 0.857. The second-order valence-electron chi connectivity index (χ2n) is 6.85. The summed E-state index contributed by atoms with van der Waals surface area (Å²) < 4.78 is 85.1. The van der Waals surface area contributed by atoms with Crippen LogP contribution in [-0.2, 0) is 19.1 Å². The van der Waals surface area contributed by atoms with Crippen molar-refractivity contribution in [1.82, 2.24) is 5.32 Å². The number of halogens is 6. The van der Waals surface area contributed by atoms with E-state index in [0.717, 1.165) is 0 Å². The van der Waals surface area contributed by atoms with Gasteiger partial charge in [0.25, 0.3) is 0 Å². The van der Waals surface area contributed by atoms with Crippen LogP contribution < -0.4 is 5.32 Å². The summed E-state index contributed by atoms with van der Waals surface area (Å²) in [4.78, 5) is 22.4. The zero-order chi connectivity index (χ0) is 18.8. The van der Waals surface area contributed by atoms with Crippen molar-refractivity contribution in [3.63, 3.8) is 0 Å². The lowest BCUT2D eigenvalue weighted by Gasteiger charge is -2.35. The average molecular weight is 375 g/mol. The highest BCUT2D eigenvalue weighted by Gasteiger charge is 2.78. The van der Waals surface area contributed by atoms with Gasteiger partial charge in [0, 0.05) is 31.9 Å². The Morgan fingerprint density at radius 2 is 1.80 bits per heavy atom. The Kier molecular flexibility index (Phi) is 3.83. The Morgan fingerprint density at radius 3 is 2.32 bits per heavy atom. The van der Waals surface area contributed by atoms with Crippen LogP contribution in [0.4, 0.5) is 26.3 Å². The molecule has 0 aromatic rings. The molecule has 4 aliphatic carbocycles. The van der Waals surface area contributed by atoms with Crippen LogP contribution in [-0.4, -0.2) is 49.1 Å². The fourth-order valence-corrected chi connectivity index (χ4v) is 5.02. The summed E-state index contributed by atoms with van der Waals surface area (Å²) in [5, 5.41) is 1.69. The van der Waals surface area contributed by atoms with Gasteiger partial charge in [0.05, 0.1) is 5.60 Å². The molecule has 0 heterocycles. The lowest BCUT2D eigenvalue weighted by atomic mass is 9.83. The van der Waals surface area contributed by atoms with E-state index in [4.69, 9.17) is 9.47 Å². The molecular formula is C14H15F6NO4. The predicted molar refractivity (Wildman–Crippen MR) is 68.0 cm³/mol. The second kappa shape index (κ2) is 5.24. The Bertz CT molecular complexity index is 605. The number of rotatable bonds is 4. The molecule has 4 saturated carbocycles. The maximum absolute atomic E-state index is 12.6. The number of amides is 1. The molecule has 25 heavy (non-hydrogen) atoms. The maximum Gasteiger partial charge on any atom is 0.490 e. The van der Waals surface area contributed by atoms with Crippen LogP contribution >= 0.6 is 0 Å². The van der Waals surface area contributed by atoms with E-state index < -0.39 is 53.8 Å². The average Bonchev–Trinajstić information content (AvgIpc) is 3.13. The summed E-state index contributed by atoms with van der Waals surface area (Å²) in [5.41, 5.74) is -2.39. The molecule has 1 amide bonds. The molecular weight excluding hydrogens is 360 g/mol. The van der Waals surface area contributed by atoms with Gasteiger partial charge in [0.2, 0.25) is 0 Å². The molecule has 0 saturated heterocycles. The van der Waals surface area contributed by atoms with Crippen molar-refractivity contribution in [2.45, 2.75) is 42.8 Å². The number of carbonyl (C=O) groups is 2. The van der Waals surface area contributed by atoms with Crippen molar-refractivity contribution >= 4 is 11.9 Å². The number of carbonyl (C=O) groups excluding carboxylic acids is 2. The van der Waals surface area contributed by atoms with E-state index in [1.54, 1.807) is 5.32 Å². The van der Waals surface area contributed by atoms with Crippen molar-refractivity contribution in [1.29, 1.82) is 0 Å². The molecule has 4 bridgehead atoms. The zero-order valence-electron chi connectivity index (χ0n) is 13.0. The first-order chi connectivity index (χ1) is 11.4. The van der Waals surface area contributed by atoms with E-state index in [2.05, 4.69) is 0 Å². The van der Waals surface area contributed by atoms with E-state index in [0.29, 0.717) is 12.8 Å². The number of hydrogen-bond donors (Lipinski definition) is 1. The van der Waals surface area contributed by atoms with Crippen LogP contribution in [0.25, 0.3) is 0 Å². The molecule has 0 aromatic carbocycles. The smallest absolute Gasteiger partial charge is 0.452 e. The second-order valence-corrected chi connectivity index (χ2v) is 6.85. The van der Waals surface area contributed by atoms with E-state index in [-0.39, 0.29) is 12.3 Å². The number of methoxy groups -OCH3 is 1. The van der Waals surface area contributed by atoms with Crippen molar-refractivity contribution in [3.05, 3.63) is 0 Å². The summed E-state index contributed by atoms with van der Waals surface area (Å²) in [6, 6.07) is 0. The van der Waals surface area contributed by atoms with Crippen molar-refractivity contribution in [2.75, 3.05) is 13.7 Å². The topological polar surface area (TPSA) is 64.6 Å². The van der Waals surface area contributed by atoms with Crippen molar-refractivity contribution < 1.29 is 45.4 Å². The molecule has 0 aromatic heterocycles. The maximum atomic E-state index is 12.6. The van der Waals surface area contributed by atoms with Gasteiger partial charge in [0.1, 0.15) is 5.60 Å². The van der Waals surface area contributed by atoms with Crippen LogP contribution in [0.15, 0.2) is 0 Å². The molecule has 11 heteroatoms. The highest BCUT2D eigenvalue weighted by Crippen LogP contribution is 2.72. The third-order valence-electron chi connectivity index (χ3n) is 5.85. The van der Waals surface area contributed by atoms with Gasteiger partial charge in [-0.05, 0) is 18.8 Å². The van der Waals surface area contributed by atoms with Gasteiger partial charge >= 0.3 is 24.2 Å². The monoisotopic (exact) mass is 375 g/mol. The molecule has 5 nitrogen and oxygen atoms in total. The minimum absolute atomic E-state index is 0.0137. The molecule has 0 spiro atoms. The lowest BCUT2D eigenvalue weighted by molar-refractivity contribution is -0.219. The van der Waals surface area contributed by atoms with E-state index in [1.165, 1.54) is 7.11 Å². The molecule has 2 unspecified atom stereocenters. The number of ether oxygens (including phenoxy) is 2. The Labute approximate surface area is 138 Å². The first-order valence-electron chi connectivity index (χ1n) is 7.56. The molecule has 0 radical (unpaired) electrons. The van der Waals surface area contributed by atoms with E-state index in [1.807, 2.05) is 0 Å². The van der Waals surface area contributed by atoms with Crippen LogP contribution in [0, 0.1) is 17.8 Å². The minimum atomic E-state index is -5.21. The van der Waals surface area contributed by atoms with Crippen LogP contribution in [0.1, 0.15) is 19.3 Å². The molecule has 4 aliphatic rings. The first kappa shape index (κ1) is 18.3. The summed E-state index contributed by atoms with van der Waals surface area (Å²) in [6.07, 6.45) is -9.57. The number of hydrogen-bond acceptors (Lipinski definition) is 4. The van der Waals surface area contributed by atoms with Gasteiger partial charge in [-0.1, -0.05) is 0 Å². The SMILES string of the molecule is CO[C@@]12CC3CC1[C@H](CNC(=O)C(F)(F)F)[C@@]3(OC(=O)C(F)(F)F)C2. The zero-order valence-corrected chi connectivity index (χ0v) is 13.0. The molecule has 142 valence electrons. The predicted octanol–water partition coefficient (Wildman–Crippen LogP) is 1.95. The minimum Gasteiger partial charge on any atom is -0.452 e. The van der Waals surface area contributed by atoms with Crippen LogP contribution in [0.5, 0.6) is 0 Å². The van der Waals surface area contributed by atoms with Gasteiger partial charge < -0.3 is 14.8 Å². The summed E-state index contributed by atoms with van der Waals surface area (Å²) in [5.74, 6) is -6.23. The van der Waals surface area contributed by atoms with Gasteiger partial charge in [-0.3, -0.25) is 4.79 Å². The van der Waals surface area contributed by atoms with Crippen molar-refractivity contribution in [3.8, 4) is 0 Å². The molecule has 0 aliphatic heterocycles. The van der Waals surface area contributed by atoms with Gasteiger partial charge in [-0.25, -0.2) is 4.79 Å². The van der Waals surface area contributed by atoms with Crippen LogP contribution in [0.3, 0.4) is 0 Å². The molecule has 4 fully saturated rings. The number of alkyl halides is 6. The molecule has 4 rings (SSSR count). The largest absolute Gasteiger partial charge is 0.490 e. The third-order valence-corrected chi connectivity index (χ3v) is 5.85. The summed E-state index contributed by atoms with van der Waals surface area (Å²) in [6.45, 7) is -0.532. The van der Waals surface area contributed by atoms with Gasteiger partial charge in [-0.15, -0.1) is 0 Å². The van der Waals surface area contributed by atoms with E-state index in [9.17, 15) is 35.9 Å². The quantitative estimate of drug-likeness (QED) is 0.603. The van der Waals surface area contributed by atoms with Crippen LogP contribution in [0.2, 0.25) is 0 Å². The molecule has 1 N–H and O–H groups in total. The highest BCUT2D eigenvalue weighted by atomic mass is 19.4. The normalized spacial score (nSPS) is 39.1. The summed E-state index contributed by atoms with van der Waals surface area (Å²) in [7, 11) is 1.37. The fourth-order valence-electron chi connectivity index (χ4n) is 5.02. The first-order valence-corrected chi connectivity index (χ1v) is 7.56. The Hall–Kier alpha value is -1.52. The lowest BCUT2D eigenvalue weighted by Crippen LogP contribution is -2.49. The third kappa shape index (κ3) is 2.58.